The van der Waals surface area contributed by atoms with E-state index >= 15 is 0 Å². The third-order valence-electron chi connectivity index (χ3n) is 6.50. The summed E-state index contributed by atoms with van der Waals surface area (Å²) in [5.41, 5.74) is 3.74. The summed E-state index contributed by atoms with van der Waals surface area (Å²) >= 11 is 0. The molecule has 36 heavy (non-hydrogen) atoms. The molecule has 0 saturated carbocycles. The van der Waals surface area contributed by atoms with Crippen molar-refractivity contribution < 1.29 is 34.4 Å². The fourth-order valence-corrected chi connectivity index (χ4v) is 4.59. The van der Waals surface area contributed by atoms with E-state index in [4.69, 9.17) is 14.6 Å². The van der Waals surface area contributed by atoms with Crippen LogP contribution in [0, 0.1) is 5.92 Å². The number of carbonyl (C=O) groups is 2. The van der Waals surface area contributed by atoms with Crippen LogP contribution in [0.1, 0.15) is 30.5 Å². The molecule has 0 bridgehead atoms. The molecule has 0 fully saturated rings. The molecule has 0 saturated heterocycles. The minimum Gasteiger partial charge on any atom is -0.508 e. The Morgan fingerprint density at radius 2 is 1.78 bits per heavy atom. The van der Waals surface area contributed by atoms with E-state index in [1.165, 1.54) is 25.3 Å². The third kappa shape index (κ3) is 4.33. The van der Waals surface area contributed by atoms with Gasteiger partial charge in [-0.15, -0.1) is 0 Å². The second-order valence-corrected chi connectivity index (χ2v) is 9.00. The average Bonchev–Trinajstić information content (AvgIpc) is 2.85. The van der Waals surface area contributed by atoms with Crippen LogP contribution in [0.5, 0.6) is 17.2 Å². The first kappa shape index (κ1) is 25.0. The number of aliphatic hydroxyl groups is 1. The smallest absolute Gasteiger partial charge is 0.229 e. The van der Waals surface area contributed by atoms with Crippen LogP contribution in [0.4, 0.5) is 0 Å². The largest absolute Gasteiger partial charge is 0.508 e. The molecule has 7 nitrogen and oxygen atoms in total. The lowest BCUT2D eigenvalue weighted by atomic mass is 9.69. The molecule has 0 spiro atoms. The van der Waals surface area contributed by atoms with Gasteiger partial charge in [0.05, 0.1) is 19.3 Å². The van der Waals surface area contributed by atoms with Crippen molar-refractivity contribution in [1.82, 2.24) is 0 Å². The zero-order valence-corrected chi connectivity index (χ0v) is 20.4. The van der Waals surface area contributed by atoms with E-state index in [2.05, 4.69) is 6.58 Å². The van der Waals surface area contributed by atoms with Crippen molar-refractivity contribution in [1.29, 1.82) is 0 Å². The van der Waals surface area contributed by atoms with Gasteiger partial charge in [0.2, 0.25) is 5.78 Å². The lowest BCUT2D eigenvalue weighted by molar-refractivity contribution is -0.116. The van der Waals surface area contributed by atoms with Gasteiger partial charge in [0.15, 0.2) is 23.0 Å². The summed E-state index contributed by atoms with van der Waals surface area (Å²) in [5, 5.41) is 29.5. The van der Waals surface area contributed by atoms with E-state index in [-0.39, 0.29) is 53.2 Å². The highest BCUT2D eigenvalue weighted by Gasteiger charge is 2.43. The normalized spacial score (nSPS) is 17.7. The van der Waals surface area contributed by atoms with Gasteiger partial charge in [-0.3, -0.25) is 9.59 Å². The Balaban J connectivity index is 1.85. The van der Waals surface area contributed by atoms with Gasteiger partial charge in [-0.25, -0.2) is 0 Å². The summed E-state index contributed by atoms with van der Waals surface area (Å²) in [6.45, 7) is 7.72. The van der Waals surface area contributed by atoms with Crippen LogP contribution in [-0.4, -0.2) is 47.2 Å². The van der Waals surface area contributed by atoms with Crippen LogP contribution in [0.2, 0.25) is 0 Å². The second kappa shape index (κ2) is 9.87. The minimum absolute atomic E-state index is 0.0368. The van der Waals surface area contributed by atoms with Crippen molar-refractivity contribution in [3.63, 3.8) is 0 Å². The summed E-state index contributed by atoms with van der Waals surface area (Å²) in [5.74, 6) is -1.23. The molecule has 3 N–H and O–H groups in total. The van der Waals surface area contributed by atoms with Crippen LogP contribution in [0.25, 0.3) is 11.1 Å². The number of allylic oxidation sites excluding steroid dienone is 4. The first-order valence-corrected chi connectivity index (χ1v) is 11.5. The van der Waals surface area contributed by atoms with Crippen molar-refractivity contribution in [2.24, 2.45) is 5.92 Å². The maximum atomic E-state index is 13.9. The van der Waals surface area contributed by atoms with E-state index in [0.717, 1.165) is 16.7 Å². The molecule has 0 aliphatic heterocycles. The lowest BCUT2D eigenvalue weighted by Gasteiger charge is -2.33. The molecule has 1 atom stereocenters. The average molecular weight is 489 g/mol. The Kier molecular flexibility index (Phi) is 6.86. The standard InChI is InChI=1S/C29H28O7/c1-15(2)20-11-18-12-23(36-10-9-16(3)14-30)22(32)13-21(18)26-25(20)27(33)24(29(35-4)28(26)34)17-5-7-19(31)8-6-17/h5-9,12-13,20,30-32H,1,10-11,14H2,2-4H3/t20-/m0/s1. The number of ketones is 2. The predicted molar refractivity (Wildman–Crippen MR) is 135 cm³/mol. The van der Waals surface area contributed by atoms with Gasteiger partial charge in [0.25, 0.3) is 0 Å². The van der Waals surface area contributed by atoms with Gasteiger partial charge in [0, 0.05) is 17.1 Å². The van der Waals surface area contributed by atoms with E-state index < -0.39 is 11.7 Å². The number of hydrogen-bond donors (Lipinski definition) is 3. The number of Topliss-reactive ketones (excluding diaryl/α,β-unsaturated/α-hetero) is 2. The van der Waals surface area contributed by atoms with Gasteiger partial charge in [-0.2, -0.15) is 0 Å². The number of aliphatic hydroxyl groups excluding tert-OH is 1. The number of aromatic hydroxyl groups is 2. The SMILES string of the molecule is C=C(C)[C@@H]1Cc2cc(OCC=C(C)CO)c(O)cc2C2=C1C(=O)C(c1ccc(O)cc1)=C(OC)C2=O. The number of phenolic OH excluding ortho intramolecular Hbond substituents is 2. The quantitative estimate of drug-likeness (QED) is 0.397. The topological polar surface area (TPSA) is 113 Å². The van der Waals surface area contributed by atoms with Crippen LogP contribution < -0.4 is 4.74 Å². The fraction of sp³-hybridized carbons (Fsp3) is 0.241. The monoisotopic (exact) mass is 488 g/mol. The number of fused-ring (bicyclic) bond motifs is 2. The summed E-state index contributed by atoms with van der Waals surface area (Å²) < 4.78 is 11.1. The van der Waals surface area contributed by atoms with Crippen LogP contribution >= 0.6 is 0 Å². The molecule has 186 valence electrons. The number of hydrogen-bond acceptors (Lipinski definition) is 7. The van der Waals surface area contributed by atoms with Gasteiger partial charge < -0.3 is 24.8 Å². The maximum Gasteiger partial charge on any atom is 0.229 e. The van der Waals surface area contributed by atoms with Gasteiger partial charge in [-0.1, -0.05) is 24.3 Å². The molecular formula is C29H28O7. The van der Waals surface area contributed by atoms with Crippen LogP contribution in [0.15, 0.2) is 71.5 Å². The zero-order valence-electron chi connectivity index (χ0n) is 20.4. The van der Waals surface area contributed by atoms with Gasteiger partial charge in [0.1, 0.15) is 12.4 Å². The molecule has 2 aliphatic rings. The Morgan fingerprint density at radius 3 is 2.39 bits per heavy atom. The molecule has 4 rings (SSSR count). The molecule has 2 aliphatic carbocycles. The highest BCUT2D eigenvalue weighted by molar-refractivity contribution is 6.48. The van der Waals surface area contributed by atoms with E-state index in [1.807, 2.05) is 6.92 Å². The van der Waals surface area contributed by atoms with Crippen molar-refractivity contribution in [3.8, 4) is 17.2 Å². The Labute approximate surface area is 209 Å². The summed E-state index contributed by atoms with van der Waals surface area (Å²) in [4.78, 5) is 27.7. The van der Waals surface area contributed by atoms with Crippen molar-refractivity contribution in [2.45, 2.75) is 20.3 Å². The second-order valence-electron chi connectivity index (χ2n) is 9.00. The van der Waals surface area contributed by atoms with Gasteiger partial charge >= 0.3 is 0 Å². The molecule has 2 aromatic rings. The Morgan fingerprint density at radius 1 is 1.08 bits per heavy atom. The number of carbonyl (C=O) groups excluding carboxylic acids is 2. The van der Waals surface area contributed by atoms with E-state index in [0.29, 0.717) is 23.1 Å². The molecule has 0 radical (unpaired) electrons. The number of benzene rings is 2. The molecule has 2 aromatic carbocycles. The molecular weight excluding hydrogens is 460 g/mol. The Bertz CT molecular complexity index is 1360. The summed E-state index contributed by atoms with van der Waals surface area (Å²) in [7, 11) is 1.34. The first-order chi connectivity index (χ1) is 17.2. The van der Waals surface area contributed by atoms with Crippen LogP contribution in [-0.2, 0) is 20.7 Å². The predicted octanol–water partition coefficient (Wildman–Crippen LogP) is 4.13. The Hall–Kier alpha value is -4.10. The number of rotatable bonds is 7. The highest BCUT2D eigenvalue weighted by atomic mass is 16.5. The molecule has 7 heteroatoms. The van der Waals surface area contributed by atoms with Crippen molar-refractivity contribution >= 4 is 22.7 Å². The fourth-order valence-electron chi connectivity index (χ4n) is 4.59. The molecule has 0 heterocycles. The number of ether oxygens (including phenoxy) is 2. The third-order valence-corrected chi connectivity index (χ3v) is 6.50. The van der Waals surface area contributed by atoms with Crippen molar-refractivity contribution in [2.75, 3.05) is 20.3 Å². The summed E-state index contributed by atoms with van der Waals surface area (Å²) in [6.07, 6.45) is 2.11. The minimum atomic E-state index is -0.461. The zero-order chi connectivity index (χ0) is 26.1. The number of phenols is 2. The summed E-state index contributed by atoms with van der Waals surface area (Å²) in [6, 6.07) is 9.14. The molecule has 0 unspecified atom stereocenters. The molecule has 0 amide bonds. The van der Waals surface area contributed by atoms with Crippen molar-refractivity contribution in [3.05, 3.63) is 88.2 Å². The highest BCUT2D eigenvalue weighted by Crippen LogP contribution is 2.48. The number of methoxy groups -OCH3 is 1. The van der Waals surface area contributed by atoms with Gasteiger partial charge in [-0.05, 0) is 72.9 Å². The van der Waals surface area contributed by atoms with E-state index in [9.17, 15) is 19.8 Å². The van der Waals surface area contributed by atoms with E-state index in [1.54, 1.807) is 31.2 Å². The first-order valence-electron chi connectivity index (χ1n) is 11.5. The van der Waals surface area contributed by atoms with Crippen LogP contribution in [0.3, 0.4) is 0 Å². The lowest BCUT2D eigenvalue weighted by Crippen LogP contribution is -2.32. The molecule has 0 aromatic heterocycles. The maximum absolute atomic E-state index is 13.9.